The Kier molecular flexibility index (Phi) is 9.50. The summed E-state index contributed by atoms with van der Waals surface area (Å²) in [5.41, 5.74) is 2.46. The van der Waals surface area contributed by atoms with E-state index in [4.69, 9.17) is 4.84 Å². The van der Waals surface area contributed by atoms with Gasteiger partial charge in [0.25, 0.3) is 0 Å². The maximum absolute atomic E-state index is 11.4. The summed E-state index contributed by atoms with van der Waals surface area (Å²) in [4.78, 5) is 16.7. The number of phenolic OH excluding ortho intramolecular Hbond substituents is 1. The molecular formula is C23H32ClNO3. The number of hydrogen-bond donors (Lipinski definition) is 1. The zero-order valence-electron chi connectivity index (χ0n) is 17.2. The van der Waals surface area contributed by atoms with Crippen LogP contribution < -0.4 is 0 Å². The first-order chi connectivity index (χ1) is 12.8. The lowest BCUT2D eigenvalue weighted by molar-refractivity contribution is -0.201. The molecule has 1 saturated heterocycles. The zero-order valence-corrected chi connectivity index (χ0v) is 18.0. The lowest BCUT2D eigenvalue weighted by Crippen LogP contribution is -2.47. The van der Waals surface area contributed by atoms with E-state index >= 15 is 0 Å². The predicted octanol–water partition coefficient (Wildman–Crippen LogP) is 5.28. The maximum atomic E-state index is 11.4. The van der Waals surface area contributed by atoms with Crippen LogP contribution in [0.2, 0.25) is 0 Å². The molecule has 1 heterocycles. The van der Waals surface area contributed by atoms with E-state index in [1.165, 1.54) is 5.56 Å². The summed E-state index contributed by atoms with van der Waals surface area (Å²) in [6.45, 7) is 9.70. The Morgan fingerprint density at radius 3 is 2.39 bits per heavy atom. The van der Waals surface area contributed by atoms with Crippen molar-refractivity contribution < 1.29 is 14.7 Å². The van der Waals surface area contributed by atoms with Crippen LogP contribution in [0.25, 0.3) is 0 Å². The number of hydrogen-bond acceptors (Lipinski definition) is 4. The fraction of sp³-hybridized carbons (Fsp3) is 0.435. The van der Waals surface area contributed by atoms with Crippen molar-refractivity contribution in [3.05, 3.63) is 65.7 Å². The third kappa shape index (κ3) is 6.54. The Morgan fingerprint density at radius 1 is 1.21 bits per heavy atom. The molecule has 0 aliphatic carbocycles. The first-order valence-corrected chi connectivity index (χ1v) is 9.62. The number of nitrogens with zero attached hydrogens (tertiary/aromatic N) is 1. The highest BCUT2D eigenvalue weighted by atomic mass is 35.5. The Labute approximate surface area is 174 Å². The minimum atomic E-state index is -0.182. The molecule has 3 rings (SSSR count). The summed E-state index contributed by atoms with van der Waals surface area (Å²) in [5.74, 6) is 0.455. The fourth-order valence-corrected chi connectivity index (χ4v) is 3.32. The van der Waals surface area contributed by atoms with Gasteiger partial charge in [-0.25, -0.2) is 0 Å². The van der Waals surface area contributed by atoms with E-state index in [9.17, 15) is 9.90 Å². The Balaban J connectivity index is 0.000000414. The molecule has 2 atom stereocenters. The molecule has 1 aliphatic rings. The highest BCUT2D eigenvalue weighted by Gasteiger charge is 2.39. The molecule has 0 aromatic heterocycles. The molecule has 0 bridgehead atoms. The lowest BCUT2D eigenvalue weighted by atomic mass is 9.68. The van der Waals surface area contributed by atoms with Gasteiger partial charge in [0, 0.05) is 19.5 Å². The van der Waals surface area contributed by atoms with Crippen molar-refractivity contribution >= 4 is 18.4 Å². The van der Waals surface area contributed by atoms with E-state index in [2.05, 4.69) is 39.0 Å². The van der Waals surface area contributed by atoms with Gasteiger partial charge in [0.2, 0.25) is 0 Å². The van der Waals surface area contributed by atoms with Crippen LogP contribution in [0, 0.1) is 12.8 Å². The van der Waals surface area contributed by atoms with Crippen molar-refractivity contribution in [3.8, 4) is 5.75 Å². The number of rotatable bonds is 3. The third-order valence-electron chi connectivity index (χ3n) is 5.41. The maximum Gasteiger partial charge on any atom is 0.324 e. The van der Waals surface area contributed by atoms with Gasteiger partial charge in [0.05, 0.1) is 0 Å². The topological polar surface area (TPSA) is 49.8 Å². The number of halogens is 1. The Hall–Kier alpha value is -2.04. The lowest BCUT2D eigenvalue weighted by Gasteiger charge is -2.43. The fourth-order valence-electron chi connectivity index (χ4n) is 3.32. The molecule has 0 radical (unpaired) electrons. The largest absolute Gasteiger partial charge is 0.508 e. The summed E-state index contributed by atoms with van der Waals surface area (Å²) >= 11 is 0. The number of carbonyl (C=O) groups excluding carboxylic acids is 1. The smallest absolute Gasteiger partial charge is 0.324 e. The highest BCUT2D eigenvalue weighted by molar-refractivity contribution is 5.85. The van der Waals surface area contributed by atoms with Crippen LogP contribution in [0.4, 0.5) is 0 Å². The van der Waals surface area contributed by atoms with Crippen LogP contribution in [-0.2, 0) is 15.0 Å². The zero-order chi connectivity index (χ0) is 19.9. The average Bonchev–Trinajstić information content (AvgIpc) is 2.66. The second-order valence-corrected chi connectivity index (χ2v) is 7.48. The Morgan fingerprint density at radius 2 is 1.89 bits per heavy atom. The number of carbonyl (C=O) groups is 1. The van der Waals surface area contributed by atoms with Crippen molar-refractivity contribution in [2.45, 2.75) is 46.0 Å². The molecular weight excluding hydrogens is 374 g/mol. The third-order valence-corrected chi connectivity index (χ3v) is 5.41. The van der Waals surface area contributed by atoms with E-state index in [1.54, 1.807) is 18.1 Å². The van der Waals surface area contributed by atoms with Gasteiger partial charge in [0.15, 0.2) is 0 Å². The van der Waals surface area contributed by atoms with Crippen LogP contribution in [0.3, 0.4) is 0 Å². The molecule has 0 amide bonds. The second kappa shape index (κ2) is 11.1. The monoisotopic (exact) mass is 405 g/mol. The normalized spacial score (nSPS) is 21.6. The molecule has 5 heteroatoms. The number of phenols is 1. The van der Waals surface area contributed by atoms with Crippen LogP contribution in [0.1, 0.15) is 44.7 Å². The van der Waals surface area contributed by atoms with E-state index in [0.717, 1.165) is 25.1 Å². The first-order valence-electron chi connectivity index (χ1n) is 9.62. The Bertz CT molecular complexity index is 738. The van der Waals surface area contributed by atoms with Gasteiger partial charge in [-0.15, -0.1) is 17.5 Å². The molecule has 4 nitrogen and oxygen atoms in total. The van der Waals surface area contributed by atoms with Gasteiger partial charge < -0.3 is 9.94 Å². The van der Waals surface area contributed by atoms with Gasteiger partial charge in [-0.2, -0.15) is 0 Å². The summed E-state index contributed by atoms with van der Waals surface area (Å²) in [6, 6.07) is 17.7. The van der Waals surface area contributed by atoms with Gasteiger partial charge in [-0.05, 0) is 42.4 Å². The summed E-state index contributed by atoms with van der Waals surface area (Å²) in [6.07, 6.45) is 1.29. The minimum Gasteiger partial charge on any atom is -0.508 e. The molecule has 0 spiro atoms. The van der Waals surface area contributed by atoms with Gasteiger partial charge in [0.1, 0.15) is 5.75 Å². The molecule has 28 heavy (non-hydrogen) atoms. The van der Waals surface area contributed by atoms with Gasteiger partial charge in [-0.1, -0.05) is 68.8 Å². The molecule has 154 valence electrons. The van der Waals surface area contributed by atoms with Gasteiger partial charge >= 0.3 is 5.97 Å². The standard InChI is InChI=1S/C16H23NO3.C7H8.ClH/c1-4-15(19)20-17-9-8-16(3,12(2)11-17)13-6-5-7-14(18)10-13;1-7-5-3-2-4-6-7;/h5-7,10,12,18H,4,8-9,11H2,1-3H3;2-6H,1H3;1H. The number of aryl methyl sites for hydroxylation is 1. The molecule has 1 N–H and O–H groups in total. The second-order valence-electron chi connectivity index (χ2n) is 7.48. The summed E-state index contributed by atoms with van der Waals surface area (Å²) in [5, 5.41) is 11.4. The van der Waals surface area contributed by atoms with Crippen LogP contribution in [0.5, 0.6) is 5.75 Å². The van der Waals surface area contributed by atoms with Crippen molar-refractivity contribution in [3.63, 3.8) is 0 Å². The van der Waals surface area contributed by atoms with Crippen LogP contribution >= 0.6 is 12.4 Å². The van der Waals surface area contributed by atoms with E-state index < -0.39 is 0 Å². The SMILES string of the molecule is CCC(=O)ON1CCC(C)(c2cccc(O)c2)C(C)C1.Cc1ccccc1.Cl. The quantitative estimate of drug-likeness (QED) is 0.754. The summed E-state index contributed by atoms with van der Waals surface area (Å²) < 4.78 is 0. The average molecular weight is 406 g/mol. The van der Waals surface area contributed by atoms with E-state index in [-0.39, 0.29) is 23.8 Å². The first kappa shape index (κ1) is 24.0. The molecule has 0 saturated carbocycles. The van der Waals surface area contributed by atoms with E-state index in [0.29, 0.717) is 18.1 Å². The van der Waals surface area contributed by atoms with Crippen LogP contribution in [0.15, 0.2) is 54.6 Å². The molecule has 1 aliphatic heterocycles. The van der Waals surface area contributed by atoms with Crippen molar-refractivity contribution in [1.29, 1.82) is 0 Å². The molecule has 1 fully saturated rings. The number of piperidine rings is 1. The van der Waals surface area contributed by atoms with Crippen molar-refractivity contribution in [2.24, 2.45) is 5.92 Å². The number of benzene rings is 2. The number of aromatic hydroxyl groups is 1. The molecule has 2 aromatic carbocycles. The molecule has 2 unspecified atom stereocenters. The van der Waals surface area contributed by atoms with Crippen molar-refractivity contribution in [2.75, 3.05) is 13.1 Å². The number of hydroxylamine groups is 2. The van der Waals surface area contributed by atoms with Gasteiger partial charge in [-0.3, -0.25) is 4.79 Å². The summed E-state index contributed by atoms with van der Waals surface area (Å²) in [7, 11) is 0. The van der Waals surface area contributed by atoms with Crippen LogP contribution in [-0.4, -0.2) is 29.2 Å². The molecule has 2 aromatic rings. The minimum absolute atomic E-state index is 0. The highest BCUT2D eigenvalue weighted by Crippen LogP contribution is 2.40. The predicted molar refractivity (Wildman–Crippen MR) is 116 cm³/mol. The van der Waals surface area contributed by atoms with Crippen molar-refractivity contribution in [1.82, 2.24) is 5.06 Å². The van der Waals surface area contributed by atoms with E-state index in [1.807, 2.05) is 30.3 Å².